The van der Waals surface area contributed by atoms with Gasteiger partial charge in [0.15, 0.2) is 0 Å². The monoisotopic (exact) mass is 354 g/mol. The minimum atomic E-state index is -0.680. The maximum atomic E-state index is 12.3. The van der Waals surface area contributed by atoms with Crippen molar-refractivity contribution in [3.8, 4) is 12.1 Å². The van der Waals surface area contributed by atoms with Gasteiger partial charge < -0.3 is 14.6 Å². The molecule has 0 bridgehead atoms. The van der Waals surface area contributed by atoms with Crippen molar-refractivity contribution in [3.63, 3.8) is 0 Å². The summed E-state index contributed by atoms with van der Waals surface area (Å²) in [6, 6.07) is 7.02. The fraction of sp³-hybridized carbons (Fsp3) is 0.176. The molecule has 0 fully saturated rings. The van der Waals surface area contributed by atoms with Crippen molar-refractivity contribution in [1.29, 1.82) is 10.5 Å². The molecule has 2 amide bonds. The number of furan rings is 1. The van der Waals surface area contributed by atoms with Gasteiger partial charge in [-0.1, -0.05) is 0 Å². The highest BCUT2D eigenvalue weighted by Gasteiger charge is 2.23. The Morgan fingerprint density at radius 3 is 2.60 bits per heavy atom. The van der Waals surface area contributed by atoms with Gasteiger partial charge in [-0.3, -0.25) is 9.59 Å². The van der Waals surface area contributed by atoms with E-state index in [1.54, 1.807) is 39.2 Å². The Bertz CT molecular complexity index is 924. The van der Waals surface area contributed by atoms with Crippen LogP contribution in [0.2, 0.25) is 0 Å². The molecule has 0 atom stereocenters. The summed E-state index contributed by atoms with van der Waals surface area (Å²) in [5.74, 6) is -0.579. The zero-order chi connectivity index (χ0) is 18.6. The van der Waals surface area contributed by atoms with Crippen LogP contribution in [0.1, 0.15) is 26.6 Å². The summed E-state index contributed by atoms with van der Waals surface area (Å²) >= 11 is 1.01. The molecule has 0 aliphatic carbocycles. The SMILES string of the molecule is Cc1c(C(=O)N(C)C)sc(NC(=O)C(C#N)=Cc2ccco2)c1C#N. The molecule has 2 heterocycles. The van der Waals surface area contributed by atoms with E-state index in [2.05, 4.69) is 5.32 Å². The number of nitrogens with one attached hydrogen (secondary N) is 1. The predicted molar refractivity (Wildman–Crippen MR) is 92.7 cm³/mol. The fourth-order valence-corrected chi connectivity index (χ4v) is 3.15. The van der Waals surface area contributed by atoms with Gasteiger partial charge in [-0.2, -0.15) is 10.5 Å². The summed E-state index contributed by atoms with van der Waals surface area (Å²) < 4.78 is 5.08. The van der Waals surface area contributed by atoms with Crippen molar-refractivity contribution < 1.29 is 14.0 Å². The van der Waals surface area contributed by atoms with Crippen molar-refractivity contribution >= 4 is 34.2 Å². The van der Waals surface area contributed by atoms with E-state index in [0.29, 0.717) is 16.2 Å². The predicted octanol–water partition coefficient (Wildman–Crippen LogP) is 2.77. The molecule has 0 unspecified atom stereocenters. The summed E-state index contributed by atoms with van der Waals surface area (Å²) in [6.45, 7) is 1.64. The van der Waals surface area contributed by atoms with E-state index in [-0.39, 0.29) is 22.0 Å². The molecule has 0 aliphatic rings. The van der Waals surface area contributed by atoms with E-state index in [9.17, 15) is 20.1 Å². The van der Waals surface area contributed by atoms with E-state index in [0.717, 1.165) is 11.3 Å². The molecule has 1 N–H and O–H groups in total. The van der Waals surface area contributed by atoms with Crippen molar-refractivity contribution in [2.45, 2.75) is 6.92 Å². The largest absolute Gasteiger partial charge is 0.465 e. The lowest BCUT2D eigenvalue weighted by Gasteiger charge is -2.08. The van der Waals surface area contributed by atoms with Crippen molar-refractivity contribution in [1.82, 2.24) is 4.90 Å². The summed E-state index contributed by atoms with van der Waals surface area (Å²) in [4.78, 5) is 26.3. The molecule has 8 heteroatoms. The van der Waals surface area contributed by atoms with Gasteiger partial charge in [0.1, 0.15) is 28.5 Å². The third-order valence-corrected chi connectivity index (χ3v) is 4.48. The van der Waals surface area contributed by atoms with E-state index >= 15 is 0 Å². The smallest absolute Gasteiger partial charge is 0.267 e. The van der Waals surface area contributed by atoms with E-state index in [1.807, 2.05) is 6.07 Å². The van der Waals surface area contributed by atoms with Gasteiger partial charge in [0.05, 0.1) is 16.7 Å². The van der Waals surface area contributed by atoms with Gasteiger partial charge in [0.2, 0.25) is 0 Å². The number of hydrogen-bond acceptors (Lipinski definition) is 6. The molecular weight excluding hydrogens is 340 g/mol. The van der Waals surface area contributed by atoms with Crippen LogP contribution >= 0.6 is 11.3 Å². The Morgan fingerprint density at radius 1 is 1.36 bits per heavy atom. The molecule has 2 rings (SSSR count). The minimum Gasteiger partial charge on any atom is -0.465 e. The Balaban J connectivity index is 2.35. The first kappa shape index (κ1) is 18.0. The fourth-order valence-electron chi connectivity index (χ4n) is 1.98. The Hall–Kier alpha value is -3.36. The molecule has 2 aromatic heterocycles. The van der Waals surface area contributed by atoms with Crippen LogP contribution < -0.4 is 5.32 Å². The number of rotatable bonds is 4. The van der Waals surface area contributed by atoms with Gasteiger partial charge in [-0.15, -0.1) is 11.3 Å². The van der Waals surface area contributed by atoms with E-state index < -0.39 is 5.91 Å². The molecule has 0 saturated heterocycles. The number of anilines is 1. The first-order valence-electron chi connectivity index (χ1n) is 7.10. The number of carbonyl (C=O) groups is 2. The summed E-state index contributed by atoms with van der Waals surface area (Å²) in [7, 11) is 3.21. The molecule has 25 heavy (non-hydrogen) atoms. The molecule has 0 radical (unpaired) electrons. The molecule has 0 aliphatic heterocycles. The summed E-state index contributed by atoms with van der Waals surface area (Å²) in [5, 5.41) is 21.3. The quantitative estimate of drug-likeness (QED) is 0.670. The van der Waals surface area contributed by atoms with Crippen LogP contribution in [-0.2, 0) is 4.79 Å². The molecule has 7 nitrogen and oxygen atoms in total. The molecule has 126 valence electrons. The van der Waals surface area contributed by atoms with Crippen molar-refractivity contribution in [2.24, 2.45) is 0 Å². The van der Waals surface area contributed by atoms with Crippen LogP contribution in [0, 0.1) is 29.6 Å². The Labute approximate surface area is 148 Å². The number of thiophene rings is 1. The topological polar surface area (TPSA) is 110 Å². The van der Waals surface area contributed by atoms with Gasteiger partial charge in [0, 0.05) is 20.2 Å². The zero-order valence-corrected chi connectivity index (χ0v) is 14.6. The van der Waals surface area contributed by atoms with Crippen LogP contribution in [-0.4, -0.2) is 30.8 Å². The lowest BCUT2D eigenvalue weighted by molar-refractivity contribution is -0.112. The normalized spacial score (nSPS) is 10.7. The van der Waals surface area contributed by atoms with Crippen LogP contribution in [0.15, 0.2) is 28.4 Å². The third-order valence-electron chi connectivity index (χ3n) is 3.28. The van der Waals surface area contributed by atoms with Gasteiger partial charge in [-0.05, 0) is 24.6 Å². The zero-order valence-electron chi connectivity index (χ0n) is 13.8. The highest BCUT2D eigenvalue weighted by molar-refractivity contribution is 7.18. The lowest BCUT2D eigenvalue weighted by atomic mass is 10.1. The van der Waals surface area contributed by atoms with Crippen LogP contribution in [0.25, 0.3) is 6.08 Å². The van der Waals surface area contributed by atoms with Gasteiger partial charge in [0.25, 0.3) is 11.8 Å². The molecule has 0 saturated carbocycles. The van der Waals surface area contributed by atoms with E-state index in [4.69, 9.17) is 4.42 Å². The van der Waals surface area contributed by atoms with Gasteiger partial charge >= 0.3 is 0 Å². The standard InChI is InChI=1S/C17H14N4O3S/c1-10-13(9-19)16(25-14(10)17(23)21(2)3)20-15(22)11(8-18)7-12-5-4-6-24-12/h4-7H,1-3H3,(H,20,22). The second-order valence-electron chi connectivity index (χ2n) is 5.21. The minimum absolute atomic E-state index is 0.176. The molecule has 2 aromatic rings. The highest BCUT2D eigenvalue weighted by Crippen LogP contribution is 2.33. The first-order chi connectivity index (χ1) is 11.9. The number of nitriles is 2. The van der Waals surface area contributed by atoms with E-state index in [1.165, 1.54) is 17.2 Å². The average molecular weight is 354 g/mol. The second kappa shape index (κ2) is 7.47. The van der Waals surface area contributed by atoms with Crippen LogP contribution in [0.5, 0.6) is 0 Å². The summed E-state index contributed by atoms with van der Waals surface area (Å²) in [5.41, 5.74) is 0.527. The maximum Gasteiger partial charge on any atom is 0.267 e. The third kappa shape index (κ3) is 3.77. The van der Waals surface area contributed by atoms with Gasteiger partial charge in [-0.25, -0.2) is 0 Å². The Kier molecular flexibility index (Phi) is 5.38. The Morgan fingerprint density at radius 2 is 2.08 bits per heavy atom. The number of amides is 2. The average Bonchev–Trinajstić information content (AvgIpc) is 3.19. The molecule has 0 aromatic carbocycles. The number of hydrogen-bond donors (Lipinski definition) is 1. The first-order valence-corrected chi connectivity index (χ1v) is 7.92. The van der Waals surface area contributed by atoms with Crippen LogP contribution in [0.4, 0.5) is 5.00 Å². The number of nitrogens with zero attached hydrogens (tertiary/aromatic N) is 3. The van der Waals surface area contributed by atoms with Crippen molar-refractivity contribution in [2.75, 3.05) is 19.4 Å². The molecular formula is C17H14N4O3S. The number of carbonyl (C=O) groups excluding carboxylic acids is 2. The second-order valence-corrected chi connectivity index (χ2v) is 6.23. The highest BCUT2D eigenvalue weighted by atomic mass is 32.1. The summed E-state index contributed by atoms with van der Waals surface area (Å²) in [6.07, 6.45) is 2.72. The van der Waals surface area contributed by atoms with Crippen molar-refractivity contribution in [3.05, 3.63) is 45.7 Å². The maximum absolute atomic E-state index is 12.3. The van der Waals surface area contributed by atoms with Crippen LogP contribution in [0.3, 0.4) is 0 Å². The molecule has 0 spiro atoms. The lowest BCUT2D eigenvalue weighted by Crippen LogP contribution is -2.21.